The van der Waals surface area contributed by atoms with Crippen molar-refractivity contribution in [2.24, 2.45) is 5.92 Å². The lowest BCUT2D eigenvalue weighted by molar-refractivity contribution is -0.119. The van der Waals surface area contributed by atoms with Crippen molar-refractivity contribution >= 4 is 41.5 Å². The number of nitrogens with one attached hydrogen (secondary N) is 3. The molecule has 3 N–H and O–H groups in total. The maximum Gasteiger partial charge on any atom is 0.253 e. The quantitative estimate of drug-likeness (QED) is 0.776. The fourth-order valence-corrected chi connectivity index (χ4v) is 1.77. The van der Waals surface area contributed by atoms with E-state index < -0.39 is 0 Å². The molecule has 0 saturated carbocycles. The molecule has 2 amide bonds. The summed E-state index contributed by atoms with van der Waals surface area (Å²) in [5.74, 6) is -0.640. The zero-order valence-electron chi connectivity index (χ0n) is 11.6. The molecule has 0 aromatic heterocycles. The minimum Gasteiger partial charge on any atom is -0.355 e. The van der Waals surface area contributed by atoms with Crippen molar-refractivity contribution in [1.29, 1.82) is 0 Å². The van der Waals surface area contributed by atoms with Crippen molar-refractivity contribution in [3.63, 3.8) is 0 Å². The lowest BCUT2D eigenvalue weighted by Gasteiger charge is -2.14. The number of amides is 2. The van der Waals surface area contributed by atoms with E-state index in [2.05, 4.69) is 16.0 Å². The molecule has 112 valence electrons. The van der Waals surface area contributed by atoms with E-state index in [0.29, 0.717) is 22.8 Å². The molecule has 1 aromatic rings. The summed E-state index contributed by atoms with van der Waals surface area (Å²) < 4.78 is 0. The third-order valence-corrected chi connectivity index (χ3v) is 2.90. The molecule has 5 nitrogen and oxygen atoms in total. The van der Waals surface area contributed by atoms with Gasteiger partial charge in [-0.25, -0.2) is 0 Å². The van der Waals surface area contributed by atoms with Gasteiger partial charge in [-0.05, 0) is 25.2 Å². The van der Waals surface area contributed by atoms with Gasteiger partial charge in [-0.1, -0.05) is 18.5 Å². The lowest BCUT2D eigenvalue weighted by atomic mass is 10.1. The molecule has 0 aliphatic heterocycles. The average Bonchev–Trinajstić information content (AvgIpc) is 2.40. The maximum atomic E-state index is 11.9. The van der Waals surface area contributed by atoms with Crippen molar-refractivity contribution < 1.29 is 9.59 Å². The minimum absolute atomic E-state index is 0. The van der Waals surface area contributed by atoms with Crippen molar-refractivity contribution in [3.8, 4) is 0 Å². The highest BCUT2D eigenvalue weighted by atomic mass is 35.5. The van der Waals surface area contributed by atoms with E-state index in [9.17, 15) is 9.59 Å². The molecule has 0 spiro atoms. The lowest BCUT2D eigenvalue weighted by Crippen LogP contribution is -2.29. The maximum absolute atomic E-state index is 11.9. The van der Waals surface area contributed by atoms with Crippen LogP contribution in [0, 0.1) is 5.92 Å². The topological polar surface area (TPSA) is 70.2 Å². The van der Waals surface area contributed by atoms with Crippen LogP contribution in [0.3, 0.4) is 0 Å². The Bertz CT molecular complexity index is 481. The molecule has 0 saturated heterocycles. The number of hydrogen-bond acceptors (Lipinski definition) is 3. The Hall–Kier alpha value is -1.30. The molecular weight excluding hydrogens is 301 g/mol. The average molecular weight is 320 g/mol. The molecule has 1 atom stereocenters. The summed E-state index contributed by atoms with van der Waals surface area (Å²) >= 11 is 5.86. The van der Waals surface area contributed by atoms with Crippen molar-refractivity contribution in [2.75, 3.05) is 26.0 Å². The molecule has 1 aromatic carbocycles. The molecule has 0 radical (unpaired) electrons. The molecule has 20 heavy (non-hydrogen) atoms. The number of benzene rings is 1. The van der Waals surface area contributed by atoms with E-state index in [-0.39, 0.29) is 30.1 Å². The normalized spacial score (nSPS) is 11.2. The third-order valence-electron chi connectivity index (χ3n) is 2.67. The largest absolute Gasteiger partial charge is 0.355 e. The third kappa shape index (κ3) is 5.00. The van der Waals surface area contributed by atoms with Gasteiger partial charge >= 0.3 is 0 Å². The zero-order chi connectivity index (χ0) is 14.4. The van der Waals surface area contributed by atoms with Gasteiger partial charge in [-0.15, -0.1) is 12.4 Å². The molecule has 0 aliphatic carbocycles. The Morgan fingerprint density at radius 2 is 1.95 bits per heavy atom. The van der Waals surface area contributed by atoms with Crippen LogP contribution in [0.2, 0.25) is 5.02 Å². The van der Waals surface area contributed by atoms with Crippen molar-refractivity contribution in [1.82, 2.24) is 10.6 Å². The Kier molecular flexibility index (Phi) is 8.22. The number of rotatable bonds is 5. The summed E-state index contributed by atoms with van der Waals surface area (Å²) in [6.45, 7) is 2.37. The Morgan fingerprint density at radius 3 is 2.50 bits per heavy atom. The summed E-state index contributed by atoms with van der Waals surface area (Å²) in [5, 5.41) is 8.63. The second kappa shape index (κ2) is 8.79. The highest BCUT2D eigenvalue weighted by Crippen LogP contribution is 2.21. The van der Waals surface area contributed by atoms with Gasteiger partial charge in [-0.3, -0.25) is 9.59 Å². The molecular formula is C13H19Cl2N3O2. The zero-order valence-corrected chi connectivity index (χ0v) is 13.2. The van der Waals surface area contributed by atoms with Gasteiger partial charge in [0.2, 0.25) is 5.91 Å². The first-order valence-electron chi connectivity index (χ1n) is 5.96. The van der Waals surface area contributed by atoms with E-state index in [4.69, 9.17) is 11.6 Å². The van der Waals surface area contributed by atoms with Gasteiger partial charge in [0.25, 0.3) is 5.91 Å². The number of carbonyl (C=O) groups is 2. The van der Waals surface area contributed by atoms with Crippen LogP contribution in [0.25, 0.3) is 0 Å². The summed E-state index contributed by atoms with van der Waals surface area (Å²) in [6.07, 6.45) is 0. The number of anilines is 1. The molecule has 1 unspecified atom stereocenters. The number of hydrogen-bond donors (Lipinski definition) is 3. The standard InChI is InChI=1S/C13H18ClN3O2.ClH/c1-8(7-15-2)12(18)17-11-5-4-9(14)6-10(11)13(19)16-3;/h4-6,8,15H,7H2,1-3H3,(H,16,19)(H,17,18);1H. The van der Waals surface area contributed by atoms with Crippen LogP contribution in [-0.4, -0.2) is 32.5 Å². The predicted octanol–water partition coefficient (Wildman–Crippen LogP) is 1.92. The van der Waals surface area contributed by atoms with E-state index in [0.717, 1.165) is 0 Å². The number of carbonyl (C=O) groups excluding carboxylic acids is 2. The van der Waals surface area contributed by atoms with Crippen LogP contribution in [0.15, 0.2) is 18.2 Å². The smallest absolute Gasteiger partial charge is 0.253 e. The van der Waals surface area contributed by atoms with Gasteiger partial charge in [0.1, 0.15) is 0 Å². The molecule has 7 heteroatoms. The molecule has 0 fully saturated rings. The summed E-state index contributed by atoms with van der Waals surface area (Å²) in [4.78, 5) is 23.7. The minimum atomic E-state index is -0.293. The van der Waals surface area contributed by atoms with Crippen LogP contribution >= 0.6 is 24.0 Å². The van der Waals surface area contributed by atoms with E-state index in [1.165, 1.54) is 13.1 Å². The van der Waals surface area contributed by atoms with Gasteiger partial charge < -0.3 is 16.0 Å². The molecule has 0 heterocycles. The van der Waals surface area contributed by atoms with Crippen molar-refractivity contribution in [3.05, 3.63) is 28.8 Å². The van der Waals surface area contributed by atoms with Crippen LogP contribution in [-0.2, 0) is 4.79 Å². The van der Waals surface area contributed by atoms with Crippen molar-refractivity contribution in [2.45, 2.75) is 6.92 Å². The predicted molar refractivity (Wildman–Crippen MR) is 83.8 cm³/mol. The Morgan fingerprint density at radius 1 is 1.30 bits per heavy atom. The Balaban J connectivity index is 0.00000361. The first-order chi connectivity index (χ1) is 8.99. The summed E-state index contributed by atoms with van der Waals surface area (Å²) in [7, 11) is 3.31. The first-order valence-corrected chi connectivity index (χ1v) is 6.34. The summed E-state index contributed by atoms with van der Waals surface area (Å²) in [6, 6.07) is 4.78. The Labute approximate surface area is 129 Å². The summed E-state index contributed by atoms with van der Waals surface area (Å²) in [5.41, 5.74) is 0.803. The van der Waals surface area contributed by atoms with E-state index >= 15 is 0 Å². The highest BCUT2D eigenvalue weighted by molar-refractivity contribution is 6.31. The SMILES string of the molecule is CNCC(C)C(=O)Nc1ccc(Cl)cc1C(=O)NC.Cl. The number of halogens is 2. The van der Waals surface area contributed by atoms with Crippen LogP contribution < -0.4 is 16.0 Å². The first kappa shape index (κ1) is 18.7. The van der Waals surface area contributed by atoms with E-state index in [1.807, 2.05) is 0 Å². The van der Waals surface area contributed by atoms with Gasteiger partial charge in [0.05, 0.1) is 11.3 Å². The monoisotopic (exact) mass is 319 g/mol. The molecule has 1 rings (SSSR count). The molecule has 0 aliphatic rings. The highest BCUT2D eigenvalue weighted by Gasteiger charge is 2.16. The van der Waals surface area contributed by atoms with Crippen LogP contribution in [0.1, 0.15) is 17.3 Å². The van der Waals surface area contributed by atoms with Gasteiger partial charge in [0.15, 0.2) is 0 Å². The van der Waals surface area contributed by atoms with Gasteiger partial charge in [0, 0.05) is 24.5 Å². The van der Waals surface area contributed by atoms with E-state index in [1.54, 1.807) is 26.1 Å². The fourth-order valence-electron chi connectivity index (χ4n) is 1.60. The second-order valence-corrected chi connectivity index (χ2v) is 4.65. The van der Waals surface area contributed by atoms with Crippen LogP contribution in [0.5, 0.6) is 0 Å². The van der Waals surface area contributed by atoms with Crippen LogP contribution in [0.4, 0.5) is 5.69 Å². The van der Waals surface area contributed by atoms with Gasteiger partial charge in [-0.2, -0.15) is 0 Å². The second-order valence-electron chi connectivity index (χ2n) is 4.22. The fraction of sp³-hybridized carbons (Fsp3) is 0.385. The molecule has 0 bridgehead atoms.